The van der Waals surface area contributed by atoms with Crippen LogP contribution in [-0.2, 0) is 27.4 Å². The Balaban J connectivity index is 1.57. The molecule has 6 nitrogen and oxygen atoms in total. The Kier molecular flexibility index (Phi) is 5.48. The van der Waals surface area contributed by atoms with Gasteiger partial charge in [0, 0.05) is 46.2 Å². The number of nitrogens with one attached hydrogen (secondary N) is 1. The maximum atomic E-state index is 12.3. The molecule has 2 saturated heterocycles. The molecule has 2 aliphatic rings. The summed E-state index contributed by atoms with van der Waals surface area (Å²) in [6.45, 7) is 5.34. The Morgan fingerprint density at radius 2 is 1.96 bits per heavy atom. The largest absolute Gasteiger partial charge is 0.379 e. The van der Waals surface area contributed by atoms with Gasteiger partial charge in [-0.15, -0.1) is 0 Å². The molecule has 2 aliphatic heterocycles. The Labute approximate surface area is 142 Å². The highest BCUT2D eigenvalue weighted by Crippen LogP contribution is 2.17. The fourth-order valence-electron chi connectivity index (χ4n) is 3.25. The lowest BCUT2D eigenvalue weighted by Gasteiger charge is -2.27. The van der Waals surface area contributed by atoms with E-state index in [1.165, 1.54) is 5.56 Å². The Hall–Kier alpha value is -1.92. The quantitative estimate of drug-likeness (QED) is 0.859. The maximum absolute atomic E-state index is 12.3. The van der Waals surface area contributed by atoms with E-state index >= 15 is 0 Å². The van der Waals surface area contributed by atoms with Crippen LogP contribution in [-0.4, -0.2) is 61.5 Å². The molecule has 0 radical (unpaired) electrons. The Bertz CT molecular complexity index is 599. The lowest BCUT2D eigenvalue weighted by Crippen LogP contribution is -2.36. The summed E-state index contributed by atoms with van der Waals surface area (Å²) in [5.41, 5.74) is 2.37. The monoisotopic (exact) mass is 331 g/mol. The molecule has 6 heteroatoms. The first-order chi connectivity index (χ1) is 11.6. The molecule has 1 unspecified atom stereocenters. The fraction of sp³-hybridized carbons (Fsp3) is 0.556. The number of likely N-dealkylation sites (tertiary alicyclic amines) is 1. The van der Waals surface area contributed by atoms with Gasteiger partial charge in [0.25, 0.3) is 0 Å². The zero-order valence-electron chi connectivity index (χ0n) is 14.2. The molecule has 1 aromatic carbocycles. The minimum Gasteiger partial charge on any atom is -0.379 e. The zero-order valence-corrected chi connectivity index (χ0v) is 14.2. The predicted octanol–water partition coefficient (Wildman–Crippen LogP) is 0.613. The van der Waals surface area contributed by atoms with Crippen molar-refractivity contribution < 1.29 is 14.3 Å². The van der Waals surface area contributed by atoms with Gasteiger partial charge in [0.15, 0.2) is 0 Å². The van der Waals surface area contributed by atoms with Gasteiger partial charge in [0.1, 0.15) is 0 Å². The van der Waals surface area contributed by atoms with Gasteiger partial charge in [-0.1, -0.05) is 24.3 Å². The summed E-state index contributed by atoms with van der Waals surface area (Å²) in [6.07, 6.45) is 0.317. The number of rotatable bonds is 5. The number of hydrogen-bond donors (Lipinski definition) is 1. The smallest absolute Gasteiger partial charge is 0.225 e. The number of carbonyl (C=O) groups excluding carboxylic acids is 2. The van der Waals surface area contributed by atoms with Crippen molar-refractivity contribution in [2.24, 2.45) is 5.92 Å². The van der Waals surface area contributed by atoms with E-state index in [4.69, 9.17) is 4.74 Å². The first-order valence-electron chi connectivity index (χ1n) is 8.52. The van der Waals surface area contributed by atoms with Gasteiger partial charge in [-0.3, -0.25) is 14.5 Å². The van der Waals surface area contributed by atoms with E-state index in [0.717, 1.165) is 38.4 Å². The molecule has 1 N–H and O–H groups in total. The Morgan fingerprint density at radius 3 is 2.62 bits per heavy atom. The maximum Gasteiger partial charge on any atom is 0.225 e. The molecule has 0 spiro atoms. The molecule has 0 aliphatic carbocycles. The van der Waals surface area contributed by atoms with E-state index in [-0.39, 0.29) is 17.7 Å². The van der Waals surface area contributed by atoms with Crippen molar-refractivity contribution in [1.29, 1.82) is 0 Å². The number of hydrogen-bond acceptors (Lipinski definition) is 4. The third kappa shape index (κ3) is 4.13. The van der Waals surface area contributed by atoms with Crippen molar-refractivity contribution in [1.82, 2.24) is 15.1 Å². The number of amides is 2. The van der Waals surface area contributed by atoms with E-state index < -0.39 is 0 Å². The fourth-order valence-corrected chi connectivity index (χ4v) is 3.25. The van der Waals surface area contributed by atoms with Crippen molar-refractivity contribution in [3.8, 4) is 0 Å². The molecule has 0 aromatic heterocycles. The third-order valence-corrected chi connectivity index (χ3v) is 4.78. The minimum absolute atomic E-state index is 0.0334. The second-order valence-corrected chi connectivity index (χ2v) is 6.55. The molecule has 1 aromatic rings. The van der Waals surface area contributed by atoms with Crippen LogP contribution in [0.25, 0.3) is 0 Å². The second-order valence-electron chi connectivity index (χ2n) is 6.55. The van der Waals surface area contributed by atoms with E-state index in [0.29, 0.717) is 19.5 Å². The third-order valence-electron chi connectivity index (χ3n) is 4.78. The van der Waals surface area contributed by atoms with Crippen LogP contribution in [0, 0.1) is 5.92 Å². The first kappa shape index (κ1) is 16.9. The highest BCUT2D eigenvalue weighted by atomic mass is 16.5. The van der Waals surface area contributed by atoms with Gasteiger partial charge in [0.2, 0.25) is 11.8 Å². The van der Waals surface area contributed by atoms with Gasteiger partial charge >= 0.3 is 0 Å². The molecule has 24 heavy (non-hydrogen) atoms. The summed E-state index contributed by atoms with van der Waals surface area (Å²) in [6, 6.07) is 8.20. The van der Waals surface area contributed by atoms with Crippen molar-refractivity contribution >= 4 is 11.8 Å². The number of nitrogens with zero attached hydrogens (tertiary/aromatic N) is 2. The number of benzene rings is 1. The summed E-state index contributed by atoms with van der Waals surface area (Å²) < 4.78 is 5.39. The lowest BCUT2D eigenvalue weighted by molar-refractivity contribution is -0.128. The van der Waals surface area contributed by atoms with Gasteiger partial charge in [0.05, 0.1) is 19.1 Å². The first-order valence-corrected chi connectivity index (χ1v) is 8.52. The lowest BCUT2D eigenvalue weighted by atomic mass is 10.1. The number of ether oxygens (including phenoxy) is 1. The van der Waals surface area contributed by atoms with Crippen molar-refractivity contribution in [2.75, 3.05) is 39.9 Å². The normalized spacial score (nSPS) is 22.0. The van der Waals surface area contributed by atoms with Crippen LogP contribution in [0.1, 0.15) is 17.5 Å². The standard InChI is InChI=1S/C18H25N3O3/c1-20-12-16(10-17(20)22)18(23)19-11-14-4-2-3-5-15(14)13-21-6-8-24-9-7-21/h2-5,16H,6-13H2,1H3,(H,19,23). The number of morpholine rings is 1. The summed E-state index contributed by atoms with van der Waals surface area (Å²) in [4.78, 5) is 27.9. The van der Waals surface area contributed by atoms with Crippen molar-refractivity contribution in [3.63, 3.8) is 0 Å². The van der Waals surface area contributed by atoms with Gasteiger partial charge in [-0.25, -0.2) is 0 Å². The van der Waals surface area contributed by atoms with Gasteiger partial charge < -0.3 is 15.0 Å². The summed E-state index contributed by atoms with van der Waals surface area (Å²) >= 11 is 0. The van der Waals surface area contributed by atoms with Crippen LogP contribution < -0.4 is 5.32 Å². The average Bonchev–Trinajstić information content (AvgIpc) is 2.94. The average molecular weight is 331 g/mol. The van der Waals surface area contributed by atoms with Crippen molar-refractivity contribution in [2.45, 2.75) is 19.5 Å². The van der Waals surface area contributed by atoms with Crippen LogP contribution in [0.15, 0.2) is 24.3 Å². The second kappa shape index (κ2) is 7.77. The van der Waals surface area contributed by atoms with Gasteiger partial charge in [-0.05, 0) is 11.1 Å². The molecule has 0 saturated carbocycles. The molecule has 2 amide bonds. The highest BCUT2D eigenvalue weighted by molar-refractivity contribution is 5.89. The van der Waals surface area contributed by atoms with Gasteiger partial charge in [-0.2, -0.15) is 0 Å². The van der Waals surface area contributed by atoms with E-state index in [2.05, 4.69) is 22.3 Å². The van der Waals surface area contributed by atoms with Crippen LogP contribution in [0.2, 0.25) is 0 Å². The molecular formula is C18H25N3O3. The highest BCUT2D eigenvalue weighted by Gasteiger charge is 2.31. The summed E-state index contributed by atoms with van der Waals surface area (Å²) in [5, 5.41) is 3.00. The van der Waals surface area contributed by atoms with Crippen LogP contribution in [0.5, 0.6) is 0 Å². The zero-order chi connectivity index (χ0) is 16.9. The van der Waals surface area contributed by atoms with E-state index in [1.54, 1.807) is 11.9 Å². The SMILES string of the molecule is CN1CC(C(=O)NCc2ccccc2CN2CCOCC2)CC1=O. The van der Waals surface area contributed by atoms with Crippen LogP contribution >= 0.6 is 0 Å². The molecule has 130 valence electrons. The van der Waals surface area contributed by atoms with E-state index in [1.807, 2.05) is 12.1 Å². The summed E-state index contributed by atoms with van der Waals surface area (Å²) in [7, 11) is 1.74. The predicted molar refractivity (Wildman–Crippen MR) is 90.1 cm³/mol. The molecule has 2 fully saturated rings. The van der Waals surface area contributed by atoms with Crippen LogP contribution in [0.3, 0.4) is 0 Å². The molecule has 0 bridgehead atoms. The summed E-state index contributed by atoms with van der Waals surface area (Å²) in [5.74, 6) is -0.217. The topological polar surface area (TPSA) is 61.9 Å². The van der Waals surface area contributed by atoms with Crippen LogP contribution in [0.4, 0.5) is 0 Å². The molecule has 2 heterocycles. The number of carbonyl (C=O) groups is 2. The molecule has 3 rings (SSSR count). The molecular weight excluding hydrogens is 306 g/mol. The molecule has 1 atom stereocenters. The van der Waals surface area contributed by atoms with E-state index in [9.17, 15) is 9.59 Å². The Morgan fingerprint density at radius 1 is 1.25 bits per heavy atom. The minimum atomic E-state index is -0.228. The van der Waals surface area contributed by atoms with Crippen molar-refractivity contribution in [3.05, 3.63) is 35.4 Å².